The first kappa shape index (κ1) is 17.0. The van der Waals surface area contributed by atoms with Gasteiger partial charge in [-0.05, 0) is 48.7 Å². The predicted molar refractivity (Wildman–Crippen MR) is 111 cm³/mol. The highest BCUT2D eigenvalue weighted by molar-refractivity contribution is 7.21. The van der Waals surface area contributed by atoms with Crippen LogP contribution in [-0.4, -0.2) is 10.9 Å². The van der Waals surface area contributed by atoms with E-state index in [-0.39, 0.29) is 5.91 Å². The van der Waals surface area contributed by atoms with Crippen molar-refractivity contribution in [2.24, 2.45) is 0 Å². The minimum atomic E-state index is -0.248. The number of aryl methyl sites for hydroxylation is 1. The van der Waals surface area contributed by atoms with Gasteiger partial charge in [0.2, 0.25) is 0 Å². The first-order valence-electron chi connectivity index (χ1n) is 7.83. The maximum atomic E-state index is 12.7. The molecule has 0 aliphatic heterocycles. The van der Waals surface area contributed by atoms with Crippen molar-refractivity contribution in [3.63, 3.8) is 0 Å². The first-order chi connectivity index (χ1) is 12.5. The molecule has 0 saturated carbocycles. The van der Waals surface area contributed by atoms with E-state index in [0.29, 0.717) is 21.3 Å². The lowest BCUT2D eigenvalue weighted by molar-refractivity contribution is 0.103. The third-order valence-corrected chi connectivity index (χ3v) is 6.18. The molecule has 3 heterocycles. The summed E-state index contributed by atoms with van der Waals surface area (Å²) in [4.78, 5) is 19.6. The summed E-state index contributed by atoms with van der Waals surface area (Å²) in [7, 11) is 0. The Balaban J connectivity index is 1.79. The molecule has 3 aromatic heterocycles. The van der Waals surface area contributed by atoms with Crippen LogP contribution in [0.1, 0.15) is 15.4 Å². The van der Waals surface area contributed by atoms with E-state index in [0.717, 1.165) is 26.4 Å². The monoisotopic (exact) mass is 399 g/mol. The molecule has 130 valence electrons. The van der Waals surface area contributed by atoms with Crippen LogP contribution in [0.4, 0.5) is 11.4 Å². The topological polar surface area (TPSA) is 68.0 Å². The van der Waals surface area contributed by atoms with Gasteiger partial charge in [-0.1, -0.05) is 17.7 Å². The van der Waals surface area contributed by atoms with Crippen molar-refractivity contribution >= 4 is 61.8 Å². The number of benzene rings is 1. The van der Waals surface area contributed by atoms with Crippen LogP contribution in [0.3, 0.4) is 0 Å². The highest BCUT2D eigenvalue weighted by Crippen LogP contribution is 2.41. The maximum absolute atomic E-state index is 12.7. The number of nitrogens with one attached hydrogen (secondary N) is 1. The van der Waals surface area contributed by atoms with Crippen LogP contribution < -0.4 is 11.1 Å². The van der Waals surface area contributed by atoms with Gasteiger partial charge in [-0.15, -0.1) is 22.7 Å². The zero-order valence-corrected chi connectivity index (χ0v) is 16.1. The number of carbonyl (C=O) groups is 1. The molecule has 1 amide bonds. The number of fused-ring (bicyclic) bond motifs is 1. The number of aromatic nitrogens is 1. The van der Waals surface area contributed by atoms with E-state index >= 15 is 0 Å². The van der Waals surface area contributed by atoms with E-state index in [1.165, 1.54) is 11.3 Å². The molecular weight excluding hydrogens is 386 g/mol. The van der Waals surface area contributed by atoms with Crippen molar-refractivity contribution in [3.8, 4) is 10.4 Å². The van der Waals surface area contributed by atoms with E-state index in [9.17, 15) is 4.79 Å². The van der Waals surface area contributed by atoms with Gasteiger partial charge in [0.05, 0.1) is 5.69 Å². The Morgan fingerprint density at radius 1 is 1.23 bits per heavy atom. The molecule has 0 radical (unpaired) electrons. The van der Waals surface area contributed by atoms with Crippen molar-refractivity contribution in [1.82, 2.24) is 4.98 Å². The fourth-order valence-electron chi connectivity index (χ4n) is 2.76. The number of anilines is 2. The standard InChI is InChI=1S/C19H14ClN3OS2/c1-10-9-13(14-3-2-8-25-14)15-16(21)17(26-19(15)22-10)18(24)23-12-6-4-11(20)5-7-12/h2-9H,21H2,1H3,(H,23,24). The van der Waals surface area contributed by atoms with Crippen LogP contribution in [0, 0.1) is 6.92 Å². The van der Waals surface area contributed by atoms with E-state index in [2.05, 4.69) is 10.3 Å². The molecule has 0 fully saturated rings. The fraction of sp³-hybridized carbons (Fsp3) is 0.0526. The second-order valence-corrected chi connectivity index (χ2v) is 8.16. The SMILES string of the molecule is Cc1cc(-c2cccs2)c2c(N)c(C(=O)Nc3ccc(Cl)cc3)sc2n1. The normalized spacial score (nSPS) is 11.0. The van der Waals surface area contributed by atoms with Crippen LogP contribution in [0.2, 0.25) is 5.02 Å². The van der Waals surface area contributed by atoms with Gasteiger partial charge in [-0.2, -0.15) is 0 Å². The maximum Gasteiger partial charge on any atom is 0.267 e. The lowest BCUT2D eigenvalue weighted by atomic mass is 10.1. The molecule has 0 saturated heterocycles. The van der Waals surface area contributed by atoms with Gasteiger partial charge in [0.25, 0.3) is 5.91 Å². The van der Waals surface area contributed by atoms with Gasteiger partial charge in [0.1, 0.15) is 9.71 Å². The number of rotatable bonds is 3. The van der Waals surface area contributed by atoms with E-state index in [4.69, 9.17) is 17.3 Å². The van der Waals surface area contributed by atoms with Gasteiger partial charge < -0.3 is 11.1 Å². The number of halogens is 1. The Hall–Kier alpha value is -2.41. The number of nitrogen functional groups attached to an aromatic ring is 1. The highest BCUT2D eigenvalue weighted by atomic mass is 35.5. The van der Waals surface area contributed by atoms with Gasteiger partial charge >= 0.3 is 0 Å². The molecule has 0 aliphatic carbocycles. The summed E-state index contributed by atoms with van der Waals surface area (Å²) in [5.74, 6) is -0.248. The number of amides is 1. The third-order valence-electron chi connectivity index (χ3n) is 3.92. The largest absolute Gasteiger partial charge is 0.397 e. The van der Waals surface area contributed by atoms with Gasteiger partial charge in [0, 0.05) is 32.2 Å². The van der Waals surface area contributed by atoms with Crippen LogP contribution >= 0.6 is 34.3 Å². The predicted octanol–water partition coefficient (Wildman–Crippen LogP) is 5.82. The van der Waals surface area contributed by atoms with E-state index in [1.54, 1.807) is 35.6 Å². The average molecular weight is 400 g/mol. The molecular formula is C19H14ClN3OS2. The zero-order chi connectivity index (χ0) is 18.3. The van der Waals surface area contributed by atoms with Gasteiger partial charge in [-0.25, -0.2) is 4.98 Å². The summed E-state index contributed by atoms with van der Waals surface area (Å²) in [6, 6.07) is 13.0. The van der Waals surface area contributed by atoms with E-state index in [1.807, 2.05) is 30.5 Å². The molecule has 0 atom stereocenters. The summed E-state index contributed by atoms with van der Waals surface area (Å²) >= 11 is 8.84. The Morgan fingerprint density at radius 2 is 2.00 bits per heavy atom. The molecule has 4 nitrogen and oxygen atoms in total. The Labute approximate surface area is 163 Å². The molecule has 0 aliphatic rings. The van der Waals surface area contributed by atoms with Crippen molar-refractivity contribution < 1.29 is 4.79 Å². The quantitative estimate of drug-likeness (QED) is 0.456. The number of hydrogen-bond acceptors (Lipinski definition) is 5. The lowest BCUT2D eigenvalue weighted by Crippen LogP contribution is -2.11. The van der Waals surface area contributed by atoms with Crippen LogP contribution in [0.25, 0.3) is 20.7 Å². The highest BCUT2D eigenvalue weighted by Gasteiger charge is 2.21. The average Bonchev–Trinajstić information content (AvgIpc) is 3.25. The zero-order valence-electron chi connectivity index (χ0n) is 13.7. The summed E-state index contributed by atoms with van der Waals surface area (Å²) in [6.07, 6.45) is 0. The molecule has 1 aromatic carbocycles. The second kappa shape index (κ2) is 6.72. The van der Waals surface area contributed by atoms with E-state index < -0.39 is 0 Å². The van der Waals surface area contributed by atoms with Crippen LogP contribution in [0.5, 0.6) is 0 Å². The molecule has 7 heteroatoms. The molecule has 26 heavy (non-hydrogen) atoms. The van der Waals surface area contributed by atoms with Gasteiger partial charge in [0.15, 0.2) is 0 Å². The number of nitrogens with zero attached hydrogens (tertiary/aromatic N) is 1. The molecule has 0 bridgehead atoms. The number of hydrogen-bond donors (Lipinski definition) is 2. The van der Waals surface area contributed by atoms with Crippen molar-refractivity contribution in [2.75, 3.05) is 11.1 Å². The first-order valence-corrected chi connectivity index (χ1v) is 9.91. The Kier molecular flexibility index (Phi) is 4.40. The number of carbonyl (C=O) groups excluding carboxylic acids is 1. The molecule has 0 spiro atoms. The minimum absolute atomic E-state index is 0.248. The van der Waals surface area contributed by atoms with Crippen molar-refractivity contribution in [2.45, 2.75) is 6.92 Å². The lowest BCUT2D eigenvalue weighted by Gasteiger charge is -2.05. The third kappa shape index (κ3) is 3.07. The summed E-state index contributed by atoms with van der Waals surface area (Å²) in [5, 5.41) is 6.34. The number of pyridine rings is 1. The molecule has 0 unspecified atom stereocenters. The summed E-state index contributed by atoms with van der Waals surface area (Å²) < 4.78 is 0. The van der Waals surface area contributed by atoms with Crippen LogP contribution in [-0.2, 0) is 0 Å². The minimum Gasteiger partial charge on any atom is -0.397 e. The number of thiophene rings is 2. The fourth-order valence-corrected chi connectivity index (χ4v) is 4.70. The summed E-state index contributed by atoms with van der Waals surface area (Å²) in [5.41, 5.74) is 9.41. The van der Waals surface area contributed by atoms with Crippen molar-refractivity contribution in [1.29, 1.82) is 0 Å². The Morgan fingerprint density at radius 3 is 2.69 bits per heavy atom. The number of nitrogens with two attached hydrogens (primary N) is 1. The molecule has 4 aromatic rings. The van der Waals surface area contributed by atoms with Gasteiger partial charge in [-0.3, -0.25) is 4.79 Å². The van der Waals surface area contributed by atoms with Crippen molar-refractivity contribution in [3.05, 3.63) is 63.4 Å². The summed E-state index contributed by atoms with van der Waals surface area (Å²) in [6.45, 7) is 1.94. The molecule has 3 N–H and O–H groups in total. The second-order valence-electron chi connectivity index (χ2n) is 5.77. The smallest absolute Gasteiger partial charge is 0.267 e. The van der Waals surface area contributed by atoms with Crippen LogP contribution in [0.15, 0.2) is 47.8 Å². The Bertz CT molecular complexity index is 1100. The molecule has 4 rings (SSSR count).